The van der Waals surface area contributed by atoms with Gasteiger partial charge in [-0.15, -0.1) is 0 Å². The molecule has 66 valence electrons. The van der Waals surface area contributed by atoms with E-state index in [0.717, 1.165) is 4.60 Å². The molecule has 0 fully saturated rings. The standard InChI is InChI=1S/C9H13BrN2/c1-11-8-4-2-3-6-7(8)5-12-9(6)10/h5,8,11-12H,2-4H2,1H3. The maximum Gasteiger partial charge on any atom is 0.0855 e. The van der Waals surface area contributed by atoms with Crippen molar-refractivity contribution in [2.45, 2.75) is 25.3 Å². The molecular weight excluding hydrogens is 216 g/mol. The lowest BCUT2D eigenvalue weighted by Crippen LogP contribution is -2.20. The predicted octanol–water partition coefficient (Wildman–Crippen LogP) is 2.37. The summed E-state index contributed by atoms with van der Waals surface area (Å²) in [5, 5.41) is 3.33. The Kier molecular flexibility index (Phi) is 2.24. The van der Waals surface area contributed by atoms with Crippen LogP contribution in [0.25, 0.3) is 0 Å². The molecule has 1 heterocycles. The maximum absolute atomic E-state index is 3.53. The summed E-state index contributed by atoms with van der Waals surface area (Å²) in [6, 6.07) is 0.552. The van der Waals surface area contributed by atoms with E-state index in [-0.39, 0.29) is 0 Å². The van der Waals surface area contributed by atoms with Crippen LogP contribution in [-0.2, 0) is 6.42 Å². The average molecular weight is 229 g/mol. The van der Waals surface area contributed by atoms with Crippen LogP contribution in [0.3, 0.4) is 0 Å². The zero-order valence-electron chi connectivity index (χ0n) is 7.15. The van der Waals surface area contributed by atoms with Crippen molar-refractivity contribution >= 4 is 15.9 Å². The number of aromatic amines is 1. The van der Waals surface area contributed by atoms with Gasteiger partial charge in [0.25, 0.3) is 0 Å². The van der Waals surface area contributed by atoms with Crippen molar-refractivity contribution < 1.29 is 0 Å². The molecule has 1 aromatic heterocycles. The molecule has 1 aromatic rings. The molecular formula is C9H13BrN2. The second-order valence-electron chi connectivity index (χ2n) is 3.27. The van der Waals surface area contributed by atoms with Gasteiger partial charge in [0, 0.05) is 12.2 Å². The van der Waals surface area contributed by atoms with E-state index in [9.17, 15) is 0 Å². The van der Waals surface area contributed by atoms with E-state index in [1.54, 1.807) is 0 Å². The van der Waals surface area contributed by atoms with Crippen molar-refractivity contribution in [3.05, 3.63) is 21.9 Å². The molecule has 0 spiro atoms. The summed E-state index contributed by atoms with van der Waals surface area (Å²) in [6.45, 7) is 0. The van der Waals surface area contributed by atoms with Gasteiger partial charge in [0.2, 0.25) is 0 Å². The van der Waals surface area contributed by atoms with Crippen molar-refractivity contribution in [3.63, 3.8) is 0 Å². The smallest absolute Gasteiger partial charge is 0.0855 e. The number of hydrogen-bond acceptors (Lipinski definition) is 1. The lowest BCUT2D eigenvalue weighted by atomic mass is 9.91. The van der Waals surface area contributed by atoms with Crippen LogP contribution in [0.4, 0.5) is 0 Å². The van der Waals surface area contributed by atoms with Gasteiger partial charge < -0.3 is 10.3 Å². The van der Waals surface area contributed by atoms with Gasteiger partial charge in [-0.2, -0.15) is 0 Å². The van der Waals surface area contributed by atoms with Gasteiger partial charge in [-0.05, 0) is 53.4 Å². The van der Waals surface area contributed by atoms with Crippen LogP contribution in [0.1, 0.15) is 30.0 Å². The number of fused-ring (bicyclic) bond motifs is 1. The largest absolute Gasteiger partial charge is 0.355 e. The molecule has 0 aliphatic heterocycles. The average Bonchev–Trinajstić information content (AvgIpc) is 2.48. The van der Waals surface area contributed by atoms with Crippen LogP contribution < -0.4 is 5.32 Å². The molecule has 1 atom stereocenters. The fourth-order valence-electron chi connectivity index (χ4n) is 1.95. The quantitative estimate of drug-likeness (QED) is 0.760. The van der Waals surface area contributed by atoms with Crippen LogP contribution in [0.15, 0.2) is 10.8 Å². The third-order valence-corrected chi connectivity index (χ3v) is 3.32. The van der Waals surface area contributed by atoms with Gasteiger partial charge in [-0.1, -0.05) is 0 Å². The third-order valence-electron chi connectivity index (χ3n) is 2.61. The zero-order valence-corrected chi connectivity index (χ0v) is 8.74. The molecule has 0 saturated heterocycles. The number of rotatable bonds is 1. The molecule has 2 nitrogen and oxygen atoms in total. The van der Waals surface area contributed by atoms with E-state index in [4.69, 9.17) is 0 Å². The Morgan fingerprint density at radius 3 is 3.25 bits per heavy atom. The first kappa shape index (κ1) is 8.32. The van der Waals surface area contributed by atoms with Crippen LogP contribution in [-0.4, -0.2) is 12.0 Å². The Balaban J connectivity index is 2.38. The lowest BCUT2D eigenvalue weighted by Gasteiger charge is -2.21. The summed E-state index contributed by atoms with van der Waals surface area (Å²) in [6.07, 6.45) is 5.86. The number of nitrogens with one attached hydrogen (secondary N) is 2. The molecule has 2 N–H and O–H groups in total. The SMILES string of the molecule is CNC1CCCc2c1c[nH]c2Br. The molecule has 0 radical (unpaired) electrons. The fraction of sp³-hybridized carbons (Fsp3) is 0.556. The minimum Gasteiger partial charge on any atom is -0.355 e. The van der Waals surface area contributed by atoms with Crippen molar-refractivity contribution in [1.29, 1.82) is 0 Å². The number of H-pyrrole nitrogens is 1. The molecule has 0 aromatic carbocycles. The van der Waals surface area contributed by atoms with E-state index < -0.39 is 0 Å². The van der Waals surface area contributed by atoms with E-state index in [1.807, 2.05) is 7.05 Å². The van der Waals surface area contributed by atoms with E-state index in [1.165, 1.54) is 30.4 Å². The Hall–Kier alpha value is -0.280. The Morgan fingerprint density at radius 1 is 1.67 bits per heavy atom. The monoisotopic (exact) mass is 228 g/mol. The summed E-state index contributed by atoms with van der Waals surface area (Å²) in [4.78, 5) is 3.22. The molecule has 1 unspecified atom stereocenters. The highest BCUT2D eigenvalue weighted by atomic mass is 79.9. The van der Waals surface area contributed by atoms with Gasteiger partial charge in [0.1, 0.15) is 0 Å². The molecule has 0 amide bonds. The summed E-state index contributed by atoms with van der Waals surface area (Å²) in [5.41, 5.74) is 2.90. The Bertz CT molecular complexity index is 280. The Labute approximate surface area is 80.9 Å². The lowest BCUT2D eigenvalue weighted by molar-refractivity contribution is 0.498. The molecule has 1 aliphatic carbocycles. The molecule has 0 bridgehead atoms. The van der Waals surface area contributed by atoms with Gasteiger partial charge in [0.15, 0.2) is 0 Å². The summed E-state index contributed by atoms with van der Waals surface area (Å²) >= 11 is 3.53. The van der Waals surface area contributed by atoms with Crippen LogP contribution in [0, 0.1) is 0 Å². The molecule has 12 heavy (non-hydrogen) atoms. The molecule has 1 aliphatic rings. The van der Waals surface area contributed by atoms with E-state index in [0.29, 0.717) is 6.04 Å². The second-order valence-corrected chi connectivity index (χ2v) is 4.06. The van der Waals surface area contributed by atoms with Crippen LogP contribution in [0.5, 0.6) is 0 Å². The summed E-state index contributed by atoms with van der Waals surface area (Å²) in [5.74, 6) is 0. The fourth-order valence-corrected chi connectivity index (χ4v) is 2.49. The van der Waals surface area contributed by atoms with Crippen LogP contribution in [0.2, 0.25) is 0 Å². The van der Waals surface area contributed by atoms with Crippen molar-refractivity contribution in [1.82, 2.24) is 10.3 Å². The van der Waals surface area contributed by atoms with Gasteiger partial charge in [-0.3, -0.25) is 0 Å². The first-order valence-corrected chi connectivity index (χ1v) is 5.15. The van der Waals surface area contributed by atoms with E-state index in [2.05, 4.69) is 32.4 Å². The van der Waals surface area contributed by atoms with Crippen molar-refractivity contribution in [3.8, 4) is 0 Å². The zero-order chi connectivity index (χ0) is 8.55. The minimum absolute atomic E-state index is 0.552. The Morgan fingerprint density at radius 2 is 2.50 bits per heavy atom. The third kappa shape index (κ3) is 1.21. The number of aromatic nitrogens is 1. The highest BCUT2D eigenvalue weighted by Gasteiger charge is 2.21. The minimum atomic E-state index is 0.552. The highest BCUT2D eigenvalue weighted by Crippen LogP contribution is 2.33. The van der Waals surface area contributed by atoms with E-state index >= 15 is 0 Å². The first-order chi connectivity index (χ1) is 5.83. The summed E-state index contributed by atoms with van der Waals surface area (Å²) in [7, 11) is 2.03. The molecule has 2 rings (SSSR count). The van der Waals surface area contributed by atoms with Crippen molar-refractivity contribution in [2.24, 2.45) is 0 Å². The molecule has 0 saturated carbocycles. The number of halogens is 1. The predicted molar refractivity (Wildman–Crippen MR) is 53.2 cm³/mol. The highest BCUT2D eigenvalue weighted by molar-refractivity contribution is 9.10. The summed E-state index contributed by atoms with van der Waals surface area (Å²) < 4.78 is 1.16. The molecule has 3 heteroatoms. The van der Waals surface area contributed by atoms with Crippen molar-refractivity contribution in [2.75, 3.05) is 7.05 Å². The number of hydrogen-bond donors (Lipinski definition) is 2. The maximum atomic E-state index is 3.53. The van der Waals surface area contributed by atoms with Gasteiger partial charge in [0.05, 0.1) is 4.60 Å². The van der Waals surface area contributed by atoms with Gasteiger partial charge >= 0.3 is 0 Å². The topological polar surface area (TPSA) is 27.8 Å². The second kappa shape index (κ2) is 3.23. The van der Waals surface area contributed by atoms with Gasteiger partial charge in [-0.25, -0.2) is 0 Å². The first-order valence-electron chi connectivity index (χ1n) is 4.36. The van der Waals surface area contributed by atoms with Crippen LogP contribution >= 0.6 is 15.9 Å². The normalized spacial score (nSPS) is 22.3.